The first kappa shape index (κ1) is 42.7. The van der Waals surface area contributed by atoms with Crippen molar-refractivity contribution in [3.05, 3.63) is 119 Å². The largest absolute Gasteiger partial charge is 0.147 e. The van der Waals surface area contributed by atoms with E-state index < -0.39 is 6.10 Å². The quantitative estimate of drug-likeness (QED) is 0.0951. The van der Waals surface area contributed by atoms with E-state index in [1.54, 1.807) is 50.4 Å². The minimum Gasteiger partial charge on any atom is -0.147 e. The van der Waals surface area contributed by atoms with Gasteiger partial charge < -0.3 is 9.80 Å². The molecule has 54 heavy (non-hydrogen) atoms. The van der Waals surface area contributed by atoms with E-state index in [1.807, 2.05) is 10.7 Å². The molecule has 2 aliphatic heterocycles. The zero-order valence-corrected chi connectivity index (χ0v) is 35.8. The minimum absolute atomic E-state index is 0. The number of nitrogens with zero attached hydrogens (tertiary/aromatic N) is 3. The van der Waals surface area contributed by atoms with Gasteiger partial charge >= 0.3 is 149 Å². The smallest absolute Gasteiger partial charge is 0.147 e. The Morgan fingerprint density at radius 1 is 0.759 bits per heavy atom. The van der Waals surface area contributed by atoms with Gasteiger partial charge in [0.2, 0.25) is 0 Å². The van der Waals surface area contributed by atoms with Crippen molar-refractivity contribution in [1.82, 2.24) is 0 Å². The normalized spacial score (nSPS) is 15.2. The average molecular weight is 838 g/mol. The number of para-hydroxylation sites is 3. The van der Waals surface area contributed by atoms with Crippen LogP contribution in [0.15, 0.2) is 78.9 Å². The molecule has 1 atom stereocenters. The third-order valence-corrected chi connectivity index (χ3v) is 10.4. The summed E-state index contributed by atoms with van der Waals surface area (Å²) in [4.78, 5) is 31.7. The van der Waals surface area contributed by atoms with Gasteiger partial charge in [-0.2, -0.15) is 6.67 Å². The van der Waals surface area contributed by atoms with Crippen LogP contribution in [0.1, 0.15) is 124 Å². The Balaban J connectivity index is 0.000000240. The predicted octanol–water partition coefficient (Wildman–Crippen LogP) is 10.4. The van der Waals surface area contributed by atoms with Crippen molar-refractivity contribution in [2.75, 3.05) is 34.9 Å². The maximum atomic E-state index is 12.9. The summed E-state index contributed by atoms with van der Waals surface area (Å²) in [7, 11) is 1.56. The number of imide groups is 1. The zero-order chi connectivity index (χ0) is 38.6. The first-order valence-corrected chi connectivity index (χ1v) is 19.7. The van der Waals surface area contributed by atoms with Gasteiger partial charge in [0.25, 0.3) is 0 Å². The van der Waals surface area contributed by atoms with Gasteiger partial charge in [-0.05, 0) is 45.9 Å². The molecule has 1 saturated heterocycles. The van der Waals surface area contributed by atoms with Gasteiger partial charge in [0.05, 0.1) is 0 Å². The molecule has 4 aromatic carbocycles. The Bertz CT molecular complexity index is 1820. The fraction of sp³-hybridized carbons (Fsp3) is 0.378. The SMILES string of the molecule is CC(C)c1cccc(C(C)C)c1N1[CH-]N(c2c(C(C)C)cccc2C(C)C)CC1.COc1ccc(C(=O)N2C(=O)C(C)Oc3c([CH]=[Ru+])cccc32)cc1.Cl. The number of methoxy groups -OCH3 is 1. The average Bonchev–Trinajstić information content (AvgIpc) is 3.64. The van der Waals surface area contributed by atoms with E-state index in [0.29, 0.717) is 46.4 Å². The molecule has 2 aliphatic rings. The number of hydrogen-bond donors (Lipinski definition) is 0. The van der Waals surface area contributed by atoms with Crippen LogP contribution in [0.4, 0.5) is 17.1 Å². The van der Waals surface area contributed by atoms with E-state index in [4.69, 9.17) is 9.47 Å². The van der Waals surface area contributed by atoms with Crippen LogP contribution in [0, 0.1) is 6.67 Å². The molecule has 6 rings (SSSR count). The minimum atomic E-state index is -0.729. The van der Waals surface area contributed by atoms with Crippen LogP contribution in [-0.4, -0.2) is 42.7 Å². The molecule has 1 fully saturated rings. The fourth-order valence-electron chi connectivity index (χ4n) is 7.05. The first-order valence-electron chi connectivity index (χ1n) is 18.7. The molecule has 289 valence electrons. The number of amides is 2. The standard InChI is InChI=1S/C27H39N2.C18H15NO4.ClH.Ru/c1-18(2)22-11-9-12-23(19(3)4)26(22)28-15-16-29(17-28)27-24(20(5)6)13-10-14-25(27)21(7)8;1-11-5-4-6-15-16(11)23-12(2)17(20)19(15)18(21)13-7-9-14(22-3)10-8-13;;/h9-14,17-21H,15-16H2,1-8H3;1,4-10,12H,2-3H3;1H;/q-1;;;+1. The van der Waals surface area contributed by atoms with Crippen LogP contribution >= 0.6 is 12.4 Å². The van der Waals surface area contributed by atoms with Crippen molar-refractivity contribution in [3.63, 3.8) is 0 Å². The summed E-state index contributed by atoms with van der Waals surface area (Å²) in [5.74, 6) is 2.46. The summed E-state index contributed by atoms with van der Waals surface area (Å²) in [5.41, 5.74) is 10.3. The molecule has 2 amide bonds. The van der Waals surface area contributed by atoms with Gasteiger partial charge in [-0.25, -0.2) is 0 Å². The second-order valence-corrected chi connectivity index (χ2v) is 15.5. The van der Waals surface area contributed by atoms with Gasteiger partial charge in [0.15, 0.2) is 0 Å². The van der Waals surface area contributed by atoms with Crippen molar-refractivity contribution in [2.45, 2.75) is 92.1 Å². The number of fused-ring (bicyclic) bond motifs is 1. The van der Waals surface area contributed by atoms with Crippen LogP contribution in [-0.2, 0) is 22.6 Å². The molecule has 1 unspecified atom stereocenters. The number of carbonyl (C=O) groups is 2. The molecule has 0 N–H and O–H groups in total. The summed E-state index contributed by atoms with van der Waals surface area (Å²) in [5, 5.41) is 0. The summed E-state index contributed by atoms with van der Waals surface area (Å²) in [6.07, 6.45) is -0.729. The number of benzene rings is 4. The Kier molecular flexibility index (Phi) is 14.7. The van der Waals surface area contributed by atoms with E-state index in [0.717, 1.165) is 18.7 Å². The molecule has 0 aromatic heterocycles. The van der Waals surface area contributed by atoms with Crippen molar-refractivity contribution in [3.8, 4) is 11.5 Å². The Hall–Kier alpha value is -4.00. The second-order valence-electron chi connectivity index (χ2n) is 15.0. The number of rotatable bonds is 9. The topological polar surface area (TPSA) is 62.3 Å². The number of hydrogen-bond acceptors (Lipinski definition) is 6. The third kappa shape index (κ3) is 8.93. The van der Waals surface area contributed by atoms with Crippen LogP contribution in [0.2, 0.25) is 0 Å². The maximum Gasteiger partial charge on any atom is -0.147 e. The summed E-state index contributed by atoms with van der Waals surface area (Å²) in [6.45, 7) is 24.5. The summed E-state index contributed by atoms with van der Waals surface area (Å²) >= 11 is 2.41. The molecule has 0 radical (unpaired) electrons. The summed E-state index contributed by atoms with van der Waals surface area (Å²) < 4.78 is 12.6. The van der Waals surface area contributed by atoms with Crippen LogP contribution in [0.25, 0.3) is 0 Å². The predicted molar refractivity (Wildman–Crippen MR) is 222 cm³/mol. The van der Waals surface area contributed by atoms with Gasteiger partial charge in [0.1, 0.15) is 0 Å². The van der Waals surface area contributed by atoms with E-state index in [9.17, 15) is 9.59 Å². The van der Waals surface area contributed by atoms with Crippen LogP contribution in [0.5, 0.6) is 11.5 Å². The number of halogens is 1. The van der Waals surface area contributed by atoms with E-state index in [2.05, 4.69) is 126 Å². The Labute approximate surface area is 338 Å². The molecule has 9 heteroatoms. The van der Waals surface area contributed by atoms with E-state index in [1.165, 1.54) is 38.5 Å². The molecule has 4 aromatic rings. The van der Waals surface area contributed by atoms with E-state index >= 15 is 0 Å². The van der Waals surface area contributed by atoms with Crippen molar-refractivity contribution < 1.29 is 36.9 Å². The molecule has 2 heterocycles. The van der Waals surface area contributed by atoms with Gasteiger partial charge in [-0.1, -0.05) is 91.8 Å². The molecular formula is C45H55ClN3O4Ru. The fourth-order valence-corrected chi connectivity index (χ4v) is 7.45. The maximum absolute atomic E-state index is 12.9. The van der Waals surface area contributed by atoms with Gasteiger partial charge in [-0.3, -0.25) is 0 Å². The number of ether oxygens (including phenoxy) is 2. The van der Waals surface area contributed by atoms with Crippen molar-refractivity contribution in [1.29, 1.82) is 0 Å². The van der Waals surface area contributed by atoms with Gasteiger partial charge in [0, 0.05) is 24.5 Å². The molecule has 0 bridgehead atoms. The molecule has 0 spiro atoms. The monoisotopic (exact) mass is 838 g/mol. The van der Waals surface area contributed by atoms with Crippen LogP contribution < -0.4 is 24.2 Å². The molecular weight excluding hydrogens is 783 g/mol. The second kappa shape index (κ2) is 18.6. The Morgan fingerprint density at radius 2 is 1.20 bits per heavy atom. The molecule has 0 saturated carbocycles. The van der Waals surface area contributed by atoms with Crippen molar-refractivity contribution in [2.24, 2.45) is 0 Å². The first-order chi connectivity index (χ1) is 25.3. The Morgan fingerprint density at radius 3 is 1.61 bits per heavy atom. The van der Waals surface area contributed by atoms with E-state index in [-0.39, 0.29) is 24.2 Å². The van der Waals surface area contributed by atoms with Crippen molar-refractivity contribution >= 4 is 45.9 Å². The third-order valence-electron chi connectivity index (χ3n) is 9.90. The van der Waals surface area contributed by atoms with Crippen LogP contribution in [0.3, 0.4) is 0 Å². The van der Waals surface area contributed by atoms with Gasteiger partial charge in [-0.15, -0.1) is 12.4 Å². The number of anilines is 3. The molecule has 7 nitrogen and oxygen atoms in total. The number of carbonyl (C=O) groups excluding carboxylic acids is 2. The summed E-state index contributed by atoms with van der Waals surface area (Å²) in [6, 6.07) is 25.7. The molecule has 0 aliphatic carbocycles. The zero-order valence-electron chi connectivity index (χ0n) is 33.2.